The molecule has 2 aromatic heterocycles. The normalized spacial score (nSPS) is 14.7. The molecule has 1 aliphatic heterocycles. The number of halogens is 1. The van der Waals surface area contributed by atoms with E-state index in [-0.39, 0.29) is 17.5 Å². The molecule has 1 saturated heterocycles. The smallest absolute Gasteiger partial charge is 0.253 e. The van der Waals surface area contributed by atoms with Gasteiger partial charge in [-0.15, -0.1) is 0 Å². The predicted octanol–water partition coefficient (Wildman–Crippen LogP) is 2.76. The van der Waals surface area contributed by atoms with E-state index in [1.54, 1.807) is 16.8 Å². The Hall–Kier alpha value is -3.33. The Morgan fingerprint density at radius 1 is 1.06 bits per heavy atom. The quantitative estimate of drug-likeness (QED) is 0.695. The van der Waals surface area contributed by atoms with Crippen LogP contribution >= 0.6 is 0 Å². The minimum Gasteiger partial charge on any atom is -0.336 e. The van der Waals surface area contributed by atoms with Crippen LogP contribution in [0.15, 0.2) is 30.6 Å². The fourth-order valence-electron chi connectivity index (χ4n) is 3.58. The molecule has 4 rings (SSSR count). The van der Waals surface area contributed by atoms with Gasteiger partial charge < -0.3 is 19.7 Å². The van der Waals surface area contributed by atoms with Crippen molar-refractivity contribution < 1.29 is 9.18 Å². The Balaban J connectivity index is 1.54. The lowest BCUT2D eigenvalue weighted by atomic mass is 10.1. The first-order valence-corrected chi connectivity index (χ1v) is 10.2. The van der Waals surface area contributed by atoms with Crippen LogP contribution < -0.4 is 5.32 Å². The largest absolute Gasteiger partial charge is 0.336 e. The molecule has 1 N–H and O–H groups in total. The number of likely N-dealkylation sites (N-methyl/N-ethyl adjacent to an activating group) is 1. The number of benzene rings is 1. The summed E-state index contributed by atoms with van der Waals surface area (Å²) in [6, 6.07) is 5.49. The second-order valence-electron chi connectivity index (χ2n) is 7.89. The standard InChI is InChI=1S/C22H26FN7O/c1-14-11-16(21(31)30-9-7-28(3)8-10-30)5-6-18(14)26-22-25-12-17(23)20(27-22)19-13-24-15(2)29(19)4/h5-6,11-13H,7-10H2,1-4H3,(H,25,26,27). The highest BCUT2D eigenvalue weighted by atomic mass is 19.1. The molecule has 8 nitrogen and oxygen atoms in total. The molecular weight excluding hydrogens is 397 g/mol. The number of nitrogens with one attached hydrogen (secondary N) is 1. The van der Waals surface area contributed by atoms with Crippen LogP contribution in [0.25, 0.3) is 11.4 Å². The number of aryl methyl sites for hydroxylation is 2. The van der Waals surface area contributed by atoms with Gasteiger partial charge in [-0.2, -0.15) is 0 Å². The zero-order valence-electron chi connectivity index (χ0n) is 18.2. The Labute approximate surface area is 180 Å². The van der Waals surface area contributed by atoms with E-state index in [0.717, 1.165) is 49.5 Å². The molecule has 9 heteroatoms. The van der Waals surface area contributed by atoms with Crippen molar-refractivity contribution in [2.24, 2.45) is 7.05 Å². The molecule has 0 bridgehead atoms. The molecule has 0 unspecified atom stereocenters. The van der Waals surface area contributed by atoms with Crippen molar-refractivity contribution in [3.63, 3.8) is 0 Å². The number of amides is 1. The molecule has 0 spiro atoms. The van der Waals surface area contributed by atoms with Crippen molar-refractivity contribution in [2.45, 2.75) is 13.8 Å². The van der Waals surface area contributed by atoms with Gasteiger partial charge in [-0.3, -0.25) is 4.79 Å². The third-order valence-corrected chi connectivity index (χ3v) is 5.72. The van der Waals surface area contributed by atoms with Crippen molar-refractivity contribution in [1.29, 1.82) is 0 Å². The first-order valence-electron chi connectivity index (χ1n) is 10.2. The van der Waals surface area contributed by atoms with Crippen molar-refractivity contribution in [1.82, 2.24) is 29.3 Å². The minimum atomic E-state index is -0.515. The highest BCUT2D eigenvalue weighted by molar-refractivity contribution is 5.95. The fourth-order valence-corrected chi connectivity index (χ4v) is 3.58. The first-order chi connectivity index (χ1) is 14.8. The lowest BCUT2D eigenvalue weighted by Crippen LogP contribution is -2.47. The van der Waals surface area contributed by atoms with Gasteiger partial charge in [-0.05, 0) is 44.7 Å². The van der Waals surface area contributed by atoms with Crippen LogP contribution in [0.4, 0.5) is 16.0 Å². The van der Waals surface area contributed by atoms with Crippen molar-refractivity contribution >= 4 is 17.5 Å². The van der Waals surface area contributed by atoms with Crippen LogP contribution in [0.5, 0.6) is 0 Å². The summed E-state index contributed by atoms with van der Waals surface area (Å²) < 4.78 is 16.1. The third-order valence-electron chi connectivity index (χ3n) is 5.72. The Morgan fingerprint density at radius 2 is 1.81 bits per heavy atom. The van der Waals surface area contributed by atoms with Gasteiger partial charge in [-0.25, -0.2) is 19.3 Å². The van der Waals surface area contributed by atoms with Gasteiger partial charge in [0.15, 0.2) is 5.82 Å². The molecule has 1 fully saturated rings. The van der Waals surface area contributed by atoms with Gasteiger partial charge >= 0.3 is 0 Å². The molecule has 1 amide bonds. The molecule has 0 radical (unpaired) electrons. The molecule has 3 aromatic rings. The lowest BCUT2D eigenvalue weighted by molar-refractivity contribution is 0.0664. The van der Waals surface area contributed by atoms with E-state index < -0.39 is 5.82 Å². The average Bonchev–Trinajstić information content (AvgIpc) is 3.09. The van der Waals surface area contributed by atoms with E-state index in [1.807, 2.05) is 37.9 Å². The number of imidazole rings is 1. The number of hydrogen-bond acceptors (Lipinski definition) is 6. The van der Waals surface area contributed by atoms with Gasteiger partial charge in [0.25, 0.3) is 5.91 Å². The molecule has 1 aromatic carbocycles. The van der Waals surface area contributed by atoms with Crippen LogP contribution in [0.1, 0.15) is 21.7 Å². The number of piperazine rings is 1. The molecule has 1 aliphatic rings. The van der Waals surface area contributed by atoms with Crippen LogP contribution in [-0.4, -0.2) is 68.5 Å². The fraction of sp³-hybridized carbons (Fsp3) is 0.364. The summed E-state index contributed by atoms with van der Waals surface area (Å²) in [5.41, 5.74) is 3.04. The van der Waals surface area contributed by atoms with E-state index in [4.69, 9.17) is 0 Å². The van der Waals surface area contributed by atoms with Crippen LogP contribution in [0, 0.1) is 19.7 Å². The summed E-state index contributed by atoms with van der Waals surface area (Å²) >= 11 is 0. The predicted molar refractivity (Wildman–Crippen MR) is 117 cm³/mol. The summed E-state index contributed by atoms with van der Waals surface area (Å²) in [4.78, 5) is 29.5. The zero-order valence-corrected chi connectivity index (χ0v) is 18.2. The van der Waals surface area contributed by atoms with Gasteiger partial charge in [-0.1, -0.05) is 0 Å². The van der Waals surface area contributed by atoms with Crippen LogP contribution in [0.2, 0.25) is 0 Å². The SMILES string of the molecule is Cc1cc(C(=O)N2CCN(C)CC2)ccc1Nc1ncc(F)c(-c2cnc(C)n2C)n1. The number of nitrogens with zero attached hydrogens (tertiary/aromatic N) is 6. The molecule has 0 aliphatic carbocycles. The topological polar surface area (TPSA) is 79.2 Å². The number of carbonyl (C=O) groups is 1. The highest BCUT2D eigenvalue weighted by Crippen LogP contribution is 2.25. The zero-order chi connectivity index (χ0) is 22.1. The molecule has 0 atom stereocenters. The maximum atomic E-state index is 14.4. The van der Waals surface area contributed by atoms with Gasteiger partial charge in [0.05, 0.1) is 18.1 Å². The molecular formula is C22H26FN7O. The second kappa shape index (κ2) is 8.43. The number of rotatable bonds is 4. The van der Waals surface area contributed by atoms with E-state index in [9.17, 15) is 9.18 Å². The van der Waals surface area contributed by atoms with E-state index in [0.29, 0.717) is 11.3 Å². The van der Waals surface area contributed by atoms with Gasteiger partial charge in [0.2, 0.25) is 5.95 Å². The minimum absolute atomic E-state index is 0.0367. The lowest BCUT2D eigenvalue weighted by Gasteiger charge is -2.32. The van der Waals surface area contributed by atoms with Crippen LogP contribution in [0.3, 0.4) is 0 Å². The number of anilines is 2. The maximum absolute atomic E-state index is 14.4. The number of carbonyl (C=O) groups excluding carboxylic acids is 1. The summed E-state index contributed by atoms with van der Waals surface area (Å²) in [6.07, 6.45) is 2.74. The van der Waals surface area contributed by atoms with E-state index in [1.165, 1.54) is 0 Å². The first kappa shape index (κ1) is 20.9. The molecule has 0 saturated carbocycles. The van der Waals surface area contributed by atoms with Crippen LogP contribution in [-0.2, 0) is 7.05 Å². The Bertz CT molecular complexity index is 1120. The second-order valence-corrected chi connectivity index (χ2v) is 7.89. The summed E-state index contributed by atoms with van der Waals surface area (Å²) in [7, 11) is 3.87. The van der Waals surface area contributed by atoms with Crippen molar-refractivity contribution in [3.8, 4) is 11.4 Å². The van der Waals surface area contributed by atoms with Crippen molar-refractivity contribution in [2.75, 3.05) is 38.5 Å². The number of aromatic nitrogens is 4. The monoisotopic (exact) mass is 423 g/mol. The molecule has 31 heavy (non-hydrogen) atoms. The Kier molecular flexibility index (Phi) is 5.69. The van der Waals surface area contributed by atoms with E-state index in [2.05, 4.69) is 32.2 Å². The summed E-state index contributed by atoms with van der Waals surface area (Å²) in [5.74, 6) is 0.559. The number of hydrogen-bond donors (Lipinski definition) is 1. The highest BCUT2D eigenvalue weighted by Gasteiger charge is 2.21. The van der Waals surface area contributed by atoms with Gasteiger partial charge in [0.1, 0.15) is 11.5 Å². The third kappa shape index (κ3) is 4.27. The summed E-state index contributed by atoms with van der Waals surface area (Å²) in [6.45, 7) is 6.98. The molecule has 162 valence electrons. The van der Waals surface area contributed by atoms with Gasteiger partial charge in [0, 0.05) is 44.5 Å². The maximum Gasteiger partial charge on any atom is 0.253 e. The average molecular weight is 423 g/mol. The van der Waals surface area contributed by atoms with E-state index >= 15 is 0 Å². The Morgan fingerprint density at radius 3 is 2.45 bits per heavy atom. The summed E-state index contributed by atoms with van der Waals surface area (Å²) in [5, 5.41) is 3.14. The molecule has 3 heterocycles. The van der Waals surface area contributed by atoms with Crippen molar-refractivity contribution in [3.05, 3.63) is 53.4 Å².